The summed E-state index contributed by atoms with van der Waals surface area (Å²) in [5, 5.41) is 2.22. The fourth-order valence-corrected chi connectivity index (χ4v) is 2.83. The largest absolute Gasteiger partial charge is 0.486 e. The molecule has 29 heavy (non-hydrogen) atoms. The van der Waals surface area contributed by atoms with Crippen LogP contribution in [0.2, 0.25) is 0 Å². The number of carbonyl (C=O) groups is 2. The van der Waals surface area contributed by atoms with Gasteiger partial charge in [-0.2, -0.15) is 0 Å². The zero-order chi connectivity index (χ0) is 20.1. The maximum absolute atomic E-state index is 12.2. The van der Waals surface area contributed by atoms with E-state index in [9.17, 15) is 9.59 Å². The number of furan rings is 1. The predicted molar refractivity (Wildman–Crippen MR) is 108 cm³/mol. The zero-order valence-corrected chi connectivity index (χ0v) is 15.4. The van der Waals surface area contributed by atoms with Gasteiger partial charge in [-0.05, 0) is 47.2 Å². The Balaban J connectivity index is 1.32. The Morgan fingerprint density at radius 3 is 2.31 bits per heavy atom. The van der Waals surface area contributed by atoms with Crippen LogP contribution >= 0.6 is 0 Å². The average Bonchev–Trinajstić information content (AvgIpc) is 3.25. The fourth-order valence-electron chi connectivity index (χ4n) is 2.83. The SMILES string of the molecule is O=C(NNC(=O)c1ccc(COc2ccc3ccccc3c2)o1)c1ccccc1. The lowest BCUT2D eigenvalue weighted by molar-refractivity contribution is 0.0828. The van der Waals surface area contributed by atoms with Crippen molar-refractivity contribution >= 4 is 22.6 Å². The Morgan fingerprint density at radius 2 is 1.48 bits per heavy atom. The van der Waals surface area contributed by atoms with E-state index in [4.69, 9.17) is 9.15 Å². The molecule has 6 heteroatoms. The number of benzene rings is 3. The van der Waals surface area contributed by atoms with Gasteiger partial charge >= 0.3 is 5.91 Å². The minimum absolute atomic E-state index is 0.0791. The second-order valence-electron chi connectivity index (χ2n) is 6.34. The van der Waals surface area contributed by atoms with Crippen molar-refractivity contribution in [3.8, 4) is 5.75 Å². The van der Waals surface area contributed by atoms with Crippen LogP contribution in [0.25, 0.3) is 10.8 Å². The van der Waals surface area contributed by atoms with Crippen LogP contribution in [0.5, 0.6) is 5.75 Å². The standard InChI is InChI=1S/C23H18N2O4/c26-22(17-7-2-1-3-8-17)24-25-23(27)21-13-12-20(29-21)15-28-19-11-10-16-6-4-5-9-18(16)14-19/h1-14H,15H2,(H,24,26)(H,25,27). The highest BCUT2D eigenvalue weighted by molar-refractivity contribution is 5.97. The predicted octanol–water partition coefficient (Wildman–Crippen LogP) is 4.09. The molecule has 144 valence electrons. The minimum atomic E-state index is -0.550. The summed E-state index contributed by atoms with van der Waals surface area (Å²) in [4.78, 5) is 24.1. The molecular weight excluding hydrogens is 368 g/mol. The van der Waals surface area contributed by atoms with E-state index in [1.165, 1.54) is 6.07 Å². The summed E-state index contributed by atoms with van der Waals surface area (Å²) in [5.74, 6) is 0.325. The molecule has 0 fully saturated rings. The number of rotatable bonds is 5. The van der Waals surface area contributed by atoms with Gasteiger partial charge in [-0.15, -0.1) is 0 Å². The summed E-state index contributed by atoms with van der Waals surface area (Å²) >= 11 is 0. The van der Waals surface area contributed by atoms with E-state index in [0.29, 0.717) is 17.1 Å². The molecule has 2 amide bonds. The second kappa shape index (κ2) is 8.31. The van der Waals surface area contributed by atoms with Gasteiger partial charge in [0, 0.05) is 5.56 Å². The Kier molecular flexibility index (Phi) is 5.25. The number of carbonyl (C=O) groups excluding carboxylic acids is 2. The summed E-state index contributed by atoms with van der Waals surface area (Å²) in [6, 6.07) is 25.6. The van der Waals surface area contributed by atoms with Gasteiger partial charge in [-0.25, -0.2) is 0 Å². The highest BCUT2D eigenvalue weighted by Crippen LogP contribution is 2.21. The van der Waals surface area contributed by atoms with Crippen LogP contribution in [0.15, 0.2) is 89.3 Å². The Hall–Kier alpha value is -4.06. The van der Waals surface area contributed by atoms with E-state index in [-0.39, 0.29) is 12.4 Å². The van der Waals surface area contributed by atoms with Gasteiger partial charge in [-0.1, -0.05) is 48.5 Å². The van der Waals surface area contributed by atoms with Gasteiger partial charge in [0.05, 0.1) is 0 Å². The lowest BCUT2D eigenvalue weighted by Crippen LogP contribution is -2.41. The lowest BCUT2D eigenvalue weighted by atomic mass is 10.1. The molecule has 0 saturated heterocycles. The normalized spacial score (nSPS) is 10.5. The van der Waals surface area contributed by atoms with Crippen LogP contribution < -0.4 is 15.6 Å². The minimum Gasteiger partial charge on any atom is -0.486 e. The smallest absolute Gasteiger partial charge is 0.305 e. The first kappa shape index (κ1) is 18.3. The second-order valence-corrected chi connectivity index (χ2v) is 6.34. The molecule has 4 aromatic rings. The first-order chi connectivity index (χ1) is 14.2. The topological polar surface area (TPSA) is 80.6 Å². The van der Waals surface area contributed by atoms with Crippen LogP contribution in [0.4, 0.5) is 0 Å². The first-order valence-electron chi connectivity index (χ1n) is 9.05. The average molecular weight is 386 g/mol. The lowest BCUT2D eigenvalue weighted by Gasteiger charge is -2.06. The van der Waals surface area contributed by atoms with Crippen LogP contribution in [0, 0.1) is 0 Å². The Morgan fingerprint density at radius 1 is 0.759 bits per heavy atom. The number of hydrazine groups is 1. The quantitative estimate of drug-likeness (QED) is 0.506. The van der Waals surface area contributed by atoms with Crippen molar-refractivity contribution in [3.05, 3.63) is 102 Å². The molecule has 0 aliphatic heterocycles. The van der Waals surface area contributed by atoms with Crippen molar-refractivity contribution < 1.29 is 18.7 Å². The van der Waals surface area contributed by atoms with Crippen LogP contribution in [-0.4, -0.2) is 11.8 Å². The van der Waals surface area contributed by atoms with Gasteiger partial charge < -0.3 is 9.15 Å². The molecular formula is C23H18N2O4. The molecule has 0 saturated carbocycles. The van der Waals surface area contributed by atoms with Crippen molar-refractivity contribution in [2.45, 2.75) is 6.61 Å². The number of nitrogens with one attached hydrogen (secondary N) is 2. The van der Waals surface area contributed by atoms with Crippen LogP contribution in [0.3, 0.4) is 0 Å². The summed E-state index contributed by atoms with van der Waals surface area (Å²) in [6.45, 7) is 0.183. The molecule has 1 aromatic heterocycles. The van der Waals surface area contributed by atoms with E-state index >= 15 is 0 Å². The third-order valence-electron chi connectivity index (χ3n) is 4.31. The summed E-state index contributed by atoms with van der Waals surface area (Å²) < 4.78 is 11.3. The molecule has 4 rings (SSSR count). The maximum atomic E-state index is 12.2. The maximum Gasteiger partial charge on any atom is 0.305 e. The fraction of sp³-hybridized carbons (Fsp3) is 0.0435. The number of hydrogen-bond donors (Lipinski definition) is 2. The molecule has 0 unspecified atom stereocenters. The monoisotopic (exact) mass is 386 g/mol. The molecule has 0 spiro atoms. The van der Waals surface area contributed by atoms with Gasteiger partial charge in [0.25, 0.3) is 5.91 Å². The van der Waals surface area contributed by atoms with E-state index in [2.05, 4.69) is 10.9 Å². The summed E-state index contributed by atoms with van der Waals surface area (Å²) in [6.07, 6.45) is 0. The number of amides is 2. The number of fused-ring (bicyclic) bond motifs is 1. The molecule has 0 aliphatic carbocycles. The van der Waals surface area contributed by atoms with Crippen molar-refractivity contribution in [2.24, 2.45) is 0 Å². The molecule has 6 nitrogen and oxygen atoms in total. The molecule has 3 aromatic carbocycles. The molecule has 0 aliphatic rings. The molecule has 2 N–H and O–H groups in total. The first-order valence-corrected chi connectivity index (χ1v) is 9.05. The van der Waals surface area contributed by atoms with Crippen molar-refractivity contribution in [2.75, 3.05) is 0 Å². The molecule has 0 radical (unpaired) electrons. The van der Waals surface area contributed by atoms with E-state index < -0.39 is 11.8 Å². The number of hydrogen-bond acceptors (Lipinski definition) is 4. The van der Waals surface area contributed by atoms with Crippen molar-refractivity contribution in [1.29, 1.82) is 0 Å². The molecule has 1 heterocycles. The third-order valence-corrected chi connectivity index (χ3v) is 4.31. The van der Waals surface area contributed by atoms with Crippen LogP contribution in [0.1, 0.15) is 26.7 Å². The van der Waals surface area contributed by atoms with E-state index in [1.807, 2.05) is 42.5 Å². The number of ether oxygens (including phenoxy) is 1. The summed E-state index contributed by atoms with van der Waals surface area (Å²) in [7, 11) is 0. The highest BCUT2D eigenvalue weighted by atomic mass is 16.5. The molecule has 0 atom stereocenters. The van der Waals surface area contributed by atoms with Gasteiger partial charge in [0.2, 0.25) is 0 Å². The Labute approximate surface area is 167 Å². The van der Waals surface area contributed by atoms with Crippen molar-refractivity contribution in [3.63, 3.8) is 0 Å². The Bertz CT molecular complexity index is 1150. The molecule has 0 bridgehead atoms. The van der Waals surface area contributed by atoms with Crippen LogP contribution in [-0.2, 0) is 6.61 Å². The summed E-state index contributed by atoms with van der Waals surface area (Å²) in [5.41, 5.74) is 5.12. The highest BCUT2D eigenvalue weighted by Gasteiger charge is 2.13. The third kappa shape index (κ3) is 4.44. The van der Waals surface area contributed by atoms with Crippen molar-refractivity contribution in [1.82, 2.24) is 10.9 Å². The van der Waals surface area contributed by atoms with Gasteiger partial charge in [0.15, 0.2) is 5.76 Å². The van der Waals surface area contributed by atoms with Gasteiger partial charge in [-0.3, -0.25) is 20.4 Å². The van der Waals surface area contributed by atoms with E-state index in [0.717, 1.165) is 10.8 Å². The van der Waals surface area contributed by atoms with E-state index in [1.54, 1.807) is 36.4 Å². The zero-order valence-electron chi connectivity index (χ0n) is 15.4. The van der Waals surface area contributed by atoms with Gasteiger partial charge in [0.1, 0.15) is 18.1 Å².